The number of benzene rings is 3. The van der Waals surface area contributed by atoms with E-state index >= 15 is 0 Å². The van der Waals surface area contributed by atoms with Crippen LogP contribution >= 0.6 is 0 Å². The van der Waals surface area contributed by atoms with Crippen molar-refractivity contribution in [1.82, 2.24) is 10.6 Å². The van der Waals surface area contributed by atoms with Crippen LogP contribution in [0.1, 0.15) is 37.5 Å². The quantitative estimate of drug-likeness (QED) is 0.557. The predicted molar refractivity (Wildman–Crippen MR) is 144 cm³/mol. The van der Waals surface area contributed by atoms with E-state index in [1.807, 2.05) is 44.2 Å². The lowest BCUT2D eigenvalue weighted by Gasteiger charge is -2.31. The Kier molecular flexibility index (Phi) is 7.40. The Morgan fingerprint density at radius 3 is 2.47 bits per heavy atom. The Morgan fingerprint density at radius 1 is 1.03 bits per heavy atom. The average Bonchev–Trinajstić information content (AvgIpc) is 2.94. The molecule has 0 aliphatic carbocycles. The molecule has 1 unspecified atom stereocenters. The molecule has 3 aromatic rings. The Morgan fingerprint density at radius 2 is 1.78 bits per heavy atom. The highest BCUT2D eigenvalue weighted by molar-refractivity contribution is 6.08. The molecule has 7 nitrogen and oxygen atoms in total. The molecule has 0 radical (unpaired) electrons. The Hall–Kier alpha value is -3.71. The summed E-state index contributed by atoms with van der Waals surface area (Å²) < 4.78 is 0. The van der Waals surface area contributed by atoms with Crippen LogP contribution in [0.3, 0.4) is 0 Å². The molecule has 1 aliphatic heterocycles. The summed E-state index contributed by atoms with van der Waals surface area (Å²) in [5.41, 5.74) is 4.53. The fourth-order valence-electron chi connectivity index (χ4n) is 5.07. The molecular formula is C29H34N4O3. The van der Waals surface area contributed by atoms with E-state index in [0.29, 0.717) is 17.9 Å². The van der Waals surface area contributed by atoms with Crippen LogP contribution < -0.4 is 20.4 Å². The summed E-state index contributed by atoms with van der Waals surface area (Å²) in [7, 11) is 1.68. The summed E-state index contributed by atoms with van der Waals surface area (Å²) >= 11 is 0. The van der Waals surface area contributed by atoms with Gasteiger partial charge in [0.25, 0.3) is 5.91 Å². The van der Waals surface area contributed by atoms with E-state index in [2.05, 4.69) is 41.8 Å². The van der Waals surface area contributed by atoms with Gasteiger partial charge in [0.05, 0.1) is 30.5 Å². The third kappa shape index (κ3) is 4.71. The molecule has 0 fully saturated rings. The van der Waals surface area contributed by atoms with E-state index in [1.54, 1.807) is 16.8 Å². The van der Waals surface area contributed by atoms with Crippen LogP contribution in [0.15, 0.2) is 54.6 Å². The second-order valence-electron chi connectivity index (χ2n) is 9.39. The van der Waals surface area contributed by atoms with Gasteiger partial charge >= 0.3 is 0 Å². The van der Waals surface area contributed by atoms with Gasteiger partial charge in [-0.1, -0.05) is 49.4 Å². The lowest BCUT2D eigenvalue weighted by molar-refractivity contribution is -0.127. The minimum atomic E-state index is -0.900. The van der Waals surface area contributed by atoms with Crippen molar-refractivity contribution in [1.29, 1.82) is 0 Å². The Balaban J connectivity index is 1.91. The first-order chi connectivity index (χ1) is 17.3. The summed E-state index contributed by atoms with van der Waals surface area (Å²) in [5.74, 6) is -0.720. The number of amides is 3. The van der Waals surface area contributed by atoms with Crippen LogP contribution in [-0.4, -0.2) is 43.4 Å². The fraction of sp³-hybridized carbons (Fsp3) is 0.345. The molecular weight excluding hydrogens is 452 g/mol. The molecule has 3 aromatic carbocycles. The minimum absolute atomic E-state index is 0.0753. The monoisotopic (exact) mass is 486 g/mol. The van der Waals surface area contributed by atoms with E-state index in [9.17, 15) is 14.4 Å². The number of aryl methyl sites for hydroxylation is 2. The smallest absolute Gasteiger partial charge is 0.252 e. The largest absolute Gasteiger partial charge is 0.341 e. The first kappa shape index (κ1) is 25.4. The van der Waals surface area contributed by atoms with Gasteiger partial charge in [-0.05, 0) is 66.9 Å². The molecule has 0 saturated carbocycles. The zero-order chi connectivity index (χ0) is 26.0. The summed E-state index contributed by atoms with van der Waals surface area (Å²) in [6.45, 7) is 7.82. The number of nitrogens with one attached hydrogen (secondary N) is 2. The van der Waals surface area contributed by atoms with Gasteiger partial charge in [-0.2, -0.15) is 0 Å². The van der Waals surface area contributed by atoms with E-state index in [0.717, 1.165) is 33.9 Å². The van der Waals surface area contributed by atoms with Gasteiger partial charge in [-0.15, -0.1) is 0 Å². The first-order valence-electron chi connectivity index (χ1n) is 12.4. The van der Waals surface area contributed by atoms with Gasteiger partial charge < -0.3 is 20.4 Å². The molecule has 188 valence electrons. The number of hydrogen-bond acceptors (Lipinski definition) is 4. The molecule has 36 heavy (non-hydrogen) atoms. The highest BCUT2D eigenvalue weighted by Crippen LogP contribution is 2.38. The van der Waals surface area contributed by atoms with Crippen molar-refractivity contribution < 1.29 is 14.4 Å². The van der Waals surface area contributed by atoms with Crippen molar-refractivity contribution >= 4 is 39.9 Å². The van der Waals surface area contributed by atoms with Crippen LogP contribution in [0.4, 0.5) is 11.4 Å². The Labute approximate surface area is 212 Å². The summed E-state index contributed by atoms with van der Waals surface area (Å²) in [5, 5.41) is 7.89. The van der Waals surface area contributed by atoms with Crippen molar-refractivity contribution in [2.45, 2.75) is 52.7 Å². The maximum atomic E-state index is 14.2. The molecule has 0 bridgehead atoms. The van der Waals surface area contributed by atoms with Crippen molar-refractivity contribution in [3.05, 3.63) is 71.3 Å². The number of carbonyl (C=O) groups excluding carboxylic acids is 3. The van der Waals surface area contributed by atoms with Crippen LogP contribution in [-0.2, 0) is 27.3 Å². The van der Waals surface area contributed by atoms with Crippen molar-refractivity contribution in [3.63, 3.8) is 0 Å². The highest BCUT2D eigenvalue weighted by Gasteiger charge is 2.41. The summed E-state index contributed by atoms with van der Waals surface area (Å²) in [6.07, 6.45) is 0.798. The topological polar surface area (TPSA) is 81.8 Å². The number of rotatable bonds is 6. The van der Waals surface area contributed by atoms with Gasteiger partial charge in [-0.25, -0.2) is 0 Å². The molecule has 1 heterocycles. The molecule has 0 aromatic heterocycles. The van der Waals surface area contributed by atoms with E-state index in [1.165, 1.54) is 6.92 Å². The second kappa shape index (κ2) is 10.5. The first-order valence-corrected chi connectivity index (χ1v) is 12.4. The number of fused-ring (bicyclic) bond motifs is 2. The number of anilines is 2. The highest BCUT2D eigenvalue weighted by atomic mass is 16.2. The second-order valence-corrected chi connectivity index (χ2v) is 9.39. The van der Waals surface area contributed by atoms with Crippen LogP contribution in [0, 0.1) is 6.92 Å². The SMILES string of the molecule is CCc1ccc2c(c1)N(C(C)=O)[C@@H](C)C(NC(=O)CNC)C(=O)N2Cc1c(C)ccc2ccccc12. The van der Waals surface area contributed by atoms with Gasteiger partial charge in [-0.3, -0.25) is 14.4 Å². The molecule has 3 amide bonds. The predicted octanol–water partition coefficient (Wildman–Crippen LogP) is 3.70. The zero-order valence-corrected chi connectivity index (χ0v) is 21.6. The van der Waals surface area contributed by atoms with Gasteiger partial charge in [0.1, 0.15) is 6.04 Å². The molecule has 7 heteroatoms. The van der Waals surface area contributed by atoms with Gasteiger partial charge in [0.15, 0.2) is 0 Å². The van der Waals surface area contributed by atoms with E-state index < -0.39 is 12.1 Å². The summed E-state index contributed by atoms with van der Waals surface area (Å²) in [4.78, 5) is 43.1. The number of hydrogen-bond donors (Lipinski definition) is 2. The maximum Gasteiger partial charge on any atom is 0.252 e. The van der Waals surface area contributed by atoms with Crippen molar-refractivity contribution in [2.24, 2.45) is 0 Å². The number of nitrogens with zero attached hydrogens (tertiary/aromatic N) is 2. The number of carbonyl (C=O) groups is 3. The number of likely N-dealkylation sites (N-methyl/N-ethyl adjacent to an activating group) is 1. The minimum Gasteiger partial charge on any atom is -0.341 e. The summed E-state index contributed by atoms with van der Waals surface area (Å²) in [6, 6.07) is 16.7. The molecule has 4 rings (SSSR count). The fourth-order valence-corrected chi connectivity index (χ4v) is 5.07. The lowest BCUT2D eigenvalue weighted by atomic mass is 9.98. The van der Waals surface area contributed by atoms with Crippen LogP contribution in [0.2, 0.25) is 0 Å². The molecule has 0 spiro atoms. The third-order valence-corrected chi connectivity index (χ3v) is 7.00. The standard InChI is InChI=1S/C29H34N4O3/c1-6-21-12-14-25-26(15-21)33(20(4)34)19(3)28(31-27(35)16-30-5)29(36)32(25)17-24-18(2)11-13-22-9-7-8-10-23(22)24/h7-15,19,28,30H,6,16-17H2,1-5H3,(H,31,35)/t19-,28?/m0/s1. The third-order valence-electron chi connectivity index (χ3n) is 7.00. The van der Waals surface area contributed by atoms with Gasteiger partial charge in [0, 0.05) is 6.92 Å². The van der Waals surface area contributed by atoms with E-state index in [-0.39, 0.29) is 24.3 Å². The van der Waals surface area contributed by atoms with Gasteiger partial charge in [0.2, 0.25) is 11.8 Å². The molecule has 2 atom stereocenters. The van der Waals surface area contributed by atoms with Crippen molar-refractivity contribution in [3.8, 4) is 0 Å². The lowest BCUT2D eigenvalue weighted by Crippen LogP contribution is -2.58. The maximum absolute atomic E-state index is 14.2. The molecule has 1 aliphatic rings. The Bertz CT molecular complexity index is 1320. The zero-order valence-electron chi connectivity index (χ0n) is 21.6. The van der Waals surface area contributed by atoms with Crippen molar-refractivity contribution in [2.75, 3.05) is 23.4 Å². The average molecular weight is 487 g/mol. The van der Waals surface area contributed by atoms with Crippen LogP contribution in [0.25, 0.3) is 10.8 Å². The van der Waals surface area contributed by atoms with E-state index in [4.69, 9.17) is 0 Å². The molecule has 2 N–H and O–H groups in total. The normalized spacial score (nSPS) is 17.6. The van der Waals surface area contributed by atoms with Crippen LogP contribution in [0.5, 0.6) is 0 Å². The molecule has 0 saturated heterocycles.